The van der Waals surface area contributed by atoms with Gasteiger partial charge in [0.05, 0.1) is 5.92 Å². The Morgan fingerprint density at radius 3 is 2.44 bits per heavy atom. The summed E-state index contributed by atoms with van der Waals surface area (Å²) in [4.78, 5) is 22.1. The minimum absolute atomic E-state index is 0.0308. The summed E-state index contributed by atoms with van der Waals surface area (Å²) < 4.78 is 0. The number of carbonyl (C=O) groups is 2. The van der Waals surface area contributed by atoms with E-state index in [9.17, 15) is 9.59 Å². The number of hydrogen-bond donors (Lipinski definition) is 2. The zero-order valence-corrected chi connectivity index (χ0v) is 9.24. The summed E-state index contributed by atoms with van der Waals surface area (Å²) in [5, 5.41) is 11.7. The third kappa shape index (κ3) is 3.93. The van der Waals surface area contributed by atoms with Crippen molar-refractivity contribution in [2.75, 3.05) is 0 Å². The summed E-state index contributed by atoms with van der Waals surface area (Å²) in [6.07, 6.45) is 8.67. The standard InChI is InChI=1S/C12H17NO3/c1-2-3-4-11(14)13-10-7-5-9(6-8-10)12(15)16/h1,9-10H,3-8H2,(H,13,14)(H,15,16). The van der Waals surface area contributed by atoms with Gasteiger partial charge in [0.2, 0.25) is 5.91 Å². The van der Waals surface area contributed by atoms with Crippen LogP contribution in [0.25, 0.3) is 0 Å². The average molecular weight is 223 g/mol. The van der Waals surface area contributed by atoms with E-state index in [-0.39, 0.29) is 17.9 Å². The maximum Gasteiger partial charge on any atom is 0.306 e. The van der Waals surface area contributed by atoms with Crippen LogP contribution in [0.2, 0.25) is 0 Å². The summed E-state index contributed by atoms with van der Waals surface area (Å²) in [5.74, 6) is 1.43. The lowest BCUT2D eigenvalue weighted by Gasteiger charge is -2.26. The van der Waals surface area contributed by atoms with E-state index in [4.69, 9.17) is 11.5 Å². The highest BCUT2D eigenvalue weighted by Crippen LogP contribution is 2.24. The molecule has 0 radical (unpaired) electrons. The molecule has 4 heteroatoms. The van der Waals surface area contributed by atoms with Gasteiger partial charge in [0.25, 0.3) is 0 Å². The molecule has 0 saturated heterocycles. The Bertz CT molecular complexity index is 298. The van der Waals surface area contributed by atoms with Gasteiger partial charge < -0.3 is 10.4 Å². The fraction of sp³-hybridized carbons (Fsp3) is 0.667. The molecule has 0 atom stereocenters. The van der Waals surface area contributed by atoms with Crippen LogP contribution in [0.4, 0.5) is 0 Å². The fourth-order valence-corrected chi connectivity index (χ4v) is 1.97. The van der Waals surface area contributed by atoms with Crippen molar-refractivity contribution in [3.63, 3.8) is 0 Å². The minimum atomic E-state index is -0.725. The number of amides is 1. The lowest BCUT2D eigenvalue weighted by molar-refractivity contribution is -0.142. The molecule has 2 N–H and O–H groups in total. The van der Waals surface area contributed by atoms with E-state index in [2.05, 4.69) is 11.2 Å². The van der Waals surface area contributed by atoms with Crippen molar-refractivity contribution in [2.24, 2.45) is 5.92 Å². The first-order valence-electron chi connectivity index (χ1n) is 5.59. The van der Waals surface area contributed by atoms with E-state index < -0.39 is 5.97 Å². The smallest absolute Gasteiger partial charge is 0.306 e. The number of hydrogen-bond acceptors (Lipinski definition) is 2. The number of carbonyl (C=O) groups excluding carboxylic acids is 1. The van der Waals surface area contributed by atoms with Gasteiger partial charge >= 0.3 is 5.97 Å². The molecule has 1 fully saturated rings. The number of rotatable bonds is 4. The number of carboxylic acid groups (broad SMARTS) is 1. The van der Waals surface area contributed by atoms with E-state index in [1.807, 2.05) is 0 Å². The molecule has 1 rings (SSSR count). The first-order valence-corrected chi connectivity index (χ1v) is 5.59. The van der Waals surface area contributed by atoms with Gasteiger partial charge in [0, 0.05) is 18.9 Å². The van der Waals surface area contributed by atoms with Crippen molar-refractivity contribution < 1.29 is 14.7 Å². The maximum absolute atomic E-state index is 11.4. The van der Waals surface area contributed by atoms with Gasteiger partial charge in [0.1, 0.15) is 0 Å². The largest absolute Gasteiger partial charge is 0.481 e. The molecule has 16 heavy (non-hydrogen) atoms. The second-order valence-corrected chi connectivity index (χ2v) is 4.16. The molecule has 0 bridgehead atoms. The summed E-state index contributed by atoms with van der Waals surface area (Å²) >= 11 is 0. The molecule has 1 aliphatic carbocycles. The Balaban J connectivity index is 2.24. The molecule has 0 spiro atoms. The monoisotopic (exact) mass is 223 g/mol. The highest BCUT2D eigenvalue weighted by molar-refractivity contribution is 5.76. The highest BCUT2D eigenvalue weighted by atomic mass is 16.4. The van der Waals surface area contributed by atoms with Crippen molar-refractivity contribution in [1.29, 1.82) is 0 Å². The van der Waals surface area contributed by atoms with Crippen LogP contribution in [-0.4, -0.2) is 23.0 Å². The molecule has 0 aromatic carbocycles. The van der Waals surface area contributed by atoms with Crippen LogP contribution < -0.4 is 5.32 Å². The number of terminal acetylenes is 1. The number of carboxylic acids is 1. The van der Waals surface area contributed by atoms with Crippen LogP contribution in [0.15, 0.2) is 0 Å². The van der Waals surface area contributed by atoms with Gasteiger partial charge in [-0.3, -0.25) is 9.59 Å². The van der Waals surface area contributed by atoms with Crippen LogP contribution in [0.5, 0.6) is 0 Å². The number of nitrogens with one attached hydrogen (secondary N) is 1. The van der Waals surface area contributed by atoms with Crippen molar-refractivity contribution in [3.05, 3.63) is 0 Å². The van der Waals surface area contributed by atoms with Crippen molar-refractivity contribution in [1.82, 2.24) is 5.32 Å². The Labute approximate surface area is 95.4 Å². The quantitative estimate of drug-likeness (QED) is 0.703. The van der Waals surface area contributed by atoms with Crippen LogP contribution >= 0.6 is 0 Å². The normalized spacial score (nSPS) is 24.4. The van der Waals surface area contributed by atoms with E-state index in [0.717, 1.165) is 12.8 Å². The molecule has 88 valence electrons. The lowest BCUT2D eigenvalue weighted by Crippen LogP contribution is -2.38. The Hall–Kier alpha value is -1.50. The van der Waals surface area contributed by atoms with Gasteiger partial charge in [-0.25, -0.2) is 0 Å². The molecular weight excluding hydrogens is 206 g/mol. The van der Waals surface area contributed by atoms with Gasteiger partial charge in [-0.2, -0.15) is 0 Å². The minimum Gasteiger partial charge on any atom is -0.481 e. The SMILES string of the molecule is C#CCCC(=O)NC1CCC(C(=O)O)CC1. The van der Waals surface area contributed by atoms with E-state index in [1.54, 1.807) is 0 Å². The summed E-state index contributed by atoms with van der Waals surface area (Å²) in [7, 11) is 0. The predicted octanol–water partition coefficient (Wildman–Crippen LogP) is 1.16. The Kier molecular flexibility index (Phi) is 4.84. The summed E-state index contributed by atoms with van der Waals surface area (Å²) in [6.45, 7) is 0. The van der Waals surface area contributed by atoms with Crippen LogP contribution in [0.3, 0.4) is 0 Å². The topological polar surface area (TPSA) is 66.4 Å². The molecule has 0 unspecified atom stereocenters. The molecule has 4 nitrogen and oxygen atoms in total. The van der Waals surface area contributed by atoms with Crippen LogP contribution in [0.1, 0.15) is 38.5 Å². The average Bonchev–Trinajstić information content (AvgIpc) is 2.27. The fourth-order valence-electron chi connectivity index (χ4n) is 1.97. The second-order valence-electron chi connectivity index (χ2n) is 4.16. The van der Waals surface area contributed by atoms with Crippen LogP contribution in [0, 0.1) is 18.3 Å². The van der Waals surface area contributed by atoms with Crippen molar-refractivity contribution >= 4 is 11.9 Å². The Morgan fingerprint density at radius 1 is 1.31 bits per heavy atom. The van der Waals surface area contributed by atoms with E-state index in [0.29, 0.717) is 25.7 Å². The zero-order valence-electron chi connectivity index (χ0n) is 9.24. The first kappa shape index (κ1) is 12.6. The second kappa shape index (κ2) is 6.16. The zero-order chi connectivity index (χ0) is 12.0. The van der Waals surface area contributed by atoms with Gasteiger partial charge in [-0.05, 0) is 25.7 Å². The molecule has 1 saturated carbocycles. The maximum atomic E-state index is 11.4. The number of aliphatic carboxylic acids is 1. The third-order valence-corrected chi connectivity index (χ3v) is 2.94. The van der Waals surface area contributed by atoms with Gasteiger partial charge in [-0.1, -0.05) is 0 Å². The van der Waals surface area contributed by atoms with Gasteiger partial charge in [-0.15, -0.1) is 12.3 Å². The lowest BCUT2D eigenvalue weighted by atomic mass is 9.86. The predicted molar refractivity (Wildman–Crippen MR) is 59.6 cm³/mol. The highest BCUT2D eigenvalue weighted by Gasteiger charge is 2.26. The van der Waals surface area contributed by atoms with E-state index >= 15 is 0 Å². The molecule has 0 heterocycles. The molecule has 0 aliphatic heterocycles. The summed E-state index contributed by atoms with van der Waals surface area (Å²) in [5.41, 5.74) is 0. The summed E-state index contributed by atoms with van der Waals surface area (Å²) in [6, 6.07) is 0.126. The first-order chi connectivity index (χ1) is 7.63. The Morgan fingerprint density at radius 2 is 1.94 bits per heavy atom. The van der Waals surface area contributed by atoms with Crippen molar-refractivity contribution in [2.45, 2.75) is 44.6 Å². The molecular formula is C12H17NO3. The molecule has 0 aromatic rings. The molecule has 1 aliphatic rings. The third-order valence-electron chi connectivity index (χ3n) is 2.94. The van der Waals surface area contributed by atoms with Crippen LogP contribution in [-0.2, 0) is 9.59 Å². The van der Waals surface area contributed by atoms with E-state index in [1.165, 1.54) is 0 Å². The molecule has 0 aromatic heterocycles. The molecule has 1 amide bonds. The van der Waals surface area contributed by atoms with Gasteiger partial charge in [0.15, 0.2) is 0 Å². The van der Waals surface area contributed by atoms with Crippen molar-refractivity contribution in [3.8, 4) is 12.3 Å².